The van der Waals surface area contributed by atoms with Crippen LogP contribution >= 0.6 is 0 Å². The Morgan fingerprint density at radius 2 is 1.81 bits per heavy atom. The van der Waals surface area contributed by atoms with E-state index in [0.717, 1.165) is 5.56 Å². The van der Waals surface area contributed by atoms with Gasteiger partial charge in [0.1, 0.15) is 5.75 Å². The molecule has 0 saturated carbocycles. The quantitative estimate of drug-likeness (QED) is 0.563. The Morgan fingerprint density at radius 1 is 1.12 bits per heavy atom. The zero-order chi connectivity index (χ0) is 11.4. The van der Waals surface area contributed by atoms with E-state index in [9.17, 15) is 4.79 Å². The van der Waals surface area contributed by atoms with Gasteiger partial charge >= 0.3 is 5.97 Å². The van der Waals surface area contributed by atoms with Gasteiger partial charge in [0.2, 0.25) is 0 Å². The fraction of sp³-hybridized carbons (Fsp3) is 0.0714. The average molecular weight is 211 g/mol. The van der Waals surface area contributed by atoms with E-state index in [-0.39, 0.29) is 5.97 Å². The molecule has 2 rings (SSSR count). The molecule has 0 aliphatic heterocycles. The third-order valence-electron chi connectivity index (χ3n) is 2.26. The van der Waals surface area contributed by atoms with Crippen LogP contribution in [0.1, 0.15) is 15.9 Å². The molecule has 1 radical (unpaired) electrons. The van der Waals surface area contributed by atoms with E-state index in [1.54, 1.807) is 30.3 Å². The normalized spacial score (nSPS) is 9.81. The number of rotatable bonds is 2. The van der Waals surface area contributed by atoms with E-state index in [1.807, 2.05) is 25.1 Å². The number of hydrogen-bond acceptors (Lipinski definition) is 2. The molecule has 2 aromatic rings. The van der Waals surface area contributed by atoms with E-state index in [2.05, 4.69) is 6.07 Å². The predicted octanol–water partition coefficient (Wildman–Crippen LogP) is 3.01. The fourth-order valence-electron chi connectivity index (χ4n) is 1.40. The summed E-state index contributed by atoms with van der Waals surface area (Å²) in [5, 5.41) is 0. The first-order chi connectivity index (χ1) is 7.77. The van der Waals surface area contributed by atoms with E-state index >= 15 is 0 Å². The Hall–Kier alpha value is -2.09. The van der Waals surface area contributed by atoms with Crippen LogP contribution in [0.3, 0.4) is 0 Å². The molecule has 79 valence electrons. The number of carbonyl (C=O) groups excluding carboxylic acids is 1. The van der Waals surface area contributed by atoms with Crippen LogP contribution in [-0.2, 0) is 0 Å². The zero-order valence-electron chi connectivity index (χ0n) is 8.94. The highest BCUT2D eigenvalue weighted by Crippen LogP contribution is 2.13. The van der Waals surface area contributed by atoms with Crippen LogP contribution in [0.15, 0.2) is 48.5 Å². The maximum atomic E-state index is 11.8. The Morgan fingerprint density at radius 3 is 2.50 bits per heavy atom. The molecular weight excluding hydrogens is 200 g/mol. The van der Waals surface area contributed by atoms with Gasteiger partial charge in [-0.3, -0.25) is 0 Å². The SMILES string of the molecule is Cc1ccccc1C(=O)Oc1cc[c]cc1. The van der Waals surface area contributed by atoms with Crippen molar-refractivity contribution in [3.8, 4) is 5.75 Å². The molecule has 2 aromatic carbocycles. The molecule has 2 nitrogen and oxygen atoms in total. The number of esters is 1. The summed E-state index contributed by atoms with van der Waals surface area (Å²) in [5.41, 5.74) is 1.50. The zero-order valence-corrected chi connectivity index (χ0v) is 8.94. The summed E-state index contributed by atoms with van der Waals surface area (Å²) in [6.45, 7) is 1.88. The Labute approximate surface area is 94.5 Å². The van der Waals surface area contributed by atoms with Crippen LogP contribution in [0.25, 0.3) is 0 Å². The molecule has 16 heavy (non-hydrogen) atoms. The van der Waals surface area contributed by atoms with E-state index in [0.29, 0.717) is 11.3 Å². The maximum Gasteiger partial charge on any atom is 0.343 e. The van der Waals surface area contributed by atoms with E-state index in [1.165, 1.54) is 0 Å². The number of benzene rings is 2. The average Bonchev–Trinajstić information content (AvgIpc) is 2.31. The number of hydrogen-bond donors (Lipinski definition) is 0. The first kappa shape index (κ1) is 10.4. The smallest absolute Gasteiger partial charge is 0.343 e. The predicted molar refractivity (Wildman–Crippen MR) is 61.4 cm³/mol. The highest BCUT2D eigenvalue weighted by molar-refractivity contribution is 5.92. The second-order valence-electron chi connectivity index (χ2n) is 3.44. The molecule has 0 aromatic heterocycles. The van der Waals surface area contributed by atoms with Gasteiger partial charge in [0.15, 0.2) is 0 Å². The highest BCUT2D eigenvalue weighted by atomic mass is 16.5. The number of carbonyl (C=O) groups is 1. The Balaban J connectivity index is 2.19. The monoisotopic (exact) mass is 211 g/mol. The third kappa shape index (κ3) is 2.28. The lowest BCUT2D eigenvalue weighted by Crippen LogP contribution is -2.09. The number of aryl methyl sites for hydroxylation is 1. The summed E-state index contributed by atoms with van der Waals surface area (Å²) in [7, 11) is 0. The molecule has 0 amide bonds. The molecule has 0 aliphatic rings. The minimum atomic E-state index is -0.329. The first-order valence-corrected chi connectivity index (χ1v) is 5.01. The molecular formula is C14H11O2. The van der Waals surface area contributed by atoms with Gasteiger partial charge < -0.3 is 4.74 Å². The summed E-state index contributed by atoms with van der Waals surface area (Å²) in [5.74, 6) is 0.205. The summed E-state index contributed by atoms with van der Waals surface area (Å²) >= 11 is 0. The van der Waals surface area contributed by atoms with Gasteiger partial charge in [-0.1, -0.05) is 30.3 Å². The maximum absolute atomic E-state index is 11.8. The standard InChI is InChI=1S/C14H11O2/c1-11-7-5-6-10-13(11)14(15)16-12-8-3-2-4-9-12/h3-10H,1H3. The molecule has 0 fully saturated rings. The van der Waals surface area contributed by atoms with Gasteiger partial charge in [-0.15, -0.1) is 0 Å². The van der Waals surface area contributed by atoms with E-state index in [4.69, 9.17) is 4.74 Å². The molecule has 0 aliphatic carbocycles. The summed E-state index contributed by atoms with van der Waals surface area (Å²) in [4.78, 5) is 11.8. The molecule has 0 unspecified atom stereocenters. The molecule has 0 saturated heterocycles. The lowest BCUT2D eigenvalue weighted by molar-refractivity contribution is 0.0734. The van der Waals surface area contributed by atoms with Crippen molar-refractivity contribution in [2.24, 2.45) is 0 Å². The van der Waals surface area contributed by atoms with Gasteiger partial charge in [-0.05, 0) is 36.8 Å². The van der Waals surface area contributed by atoms with Gasteiger partial charge in [0, 0.05) is 0 Å². The van der Waals surface area contributed by atoms with Crippen molar-refractivity contribution in [1.29, 1.82) is 0 Å². The summed E-state index contributed by atoms with van der Waals surface area (Å²) in [6, 6.07) is 17.0. The van der Waals surface area contributed by atoms with Crippen molar-refractivity contribution in [1.82, 2.24) is 0 Å². The minimum Gasteiger partial charge on any atom is -0.423 e. The minimum absolute atomic E-state index is 0.329. The van der Waals surface area contributed by atoms with Gasteiger partial charge in [0.25, 0.3) is 0 Å². The second kappa shape index (κ2) is 4.62. The van der Waals surface area contributed by atoms with Crippen LogP contribution in [-0.4, -0.2) is 5.97 Å². The first-order valence-electron chi connectivity index (χ1n) is 5.01. The Bertz CT molecular complexity index is 489. The largest absolute Gasteiger partial charge is 0.423 e. The Kier molecular flexibility index (Phi) is 3.01. The van der Waals surface area contributed by atoms with Gasteiger partial charge in [-0.25, -0.2) is 4.79 Å². The lowest BCUT2D eigenvalue weighted by Gasteiger charge is -2.05. The number of ether oxygens (including phenoxy) is 1. The van der Waals surface area contributed by atoms with Gasteiger partial charge in [-0.2, -0.15) is 0 Å². The lowest BCUT2D eigenvalue weighted by atomic mass is 10.1. The molecule has 0 bridgehead atoms. The van der Waals surface area contributed by atoms with Crippen molar-refractivity contribution >= 4 is 5.97 Å². The van der Waals surface area contributed by atoms with Crippen molar-refractivity contribution in [3.05, 3.63) is 65.7 Å². The van der Waals surface area contributed by atoms with Crippen molar-refractivity contribution in [2.45, 2.75) is 6.92 Å². The summed E-state index contributed by atoms with van der Waals surface area (Å²) in [6.07, 6.45) is 0. The molecule has 0 N–H and O–H groups in total. The van der Waals surface area contributed by atoms with Crippen LogP contribution in [0.4, 0.5) is 0 Å². The summed E-state index contributed by atoms with van der Waals surface area (Å²) < 4.78 is 5.22. The van der Waals surface area contributed by atoms with Crippen LogP contribution in [0.5, 0.6) is 5.75 Å². The van der Waals surface area contributed by atoms with E-state index < -0.39 is 0 Å². The third-order valence-corrected chi connectivity index (χ3v) is 2.26. The van der Waals surface area contributed by atoms with Gasteiger partial charge in [0.05, 0.1) is 5.56 Å². The van der Waals surface area contributed by atoms with Crippen molar-refractivity contribution in [3.63, 3.8) is 0 Å². The van der Waals surface area contributed by atoms with Crippen molar-refractivity contribution in [2.75, 3.05) is 0 Å². The molecule has 0 atom stereocenters. The highest BCUT2D eigenvalue weighted by Gasteiger charge is 2.10. The topological polar surface area (TPSA) is 26.3 Å². The molecule has 2 heteroatoms. The molecule has 0 spiro atoms. The van der Waals surface area contributed by atoms with Crippen molar-refractivity contribution < 1.29 is 9.53 Å². The van der Waals surface area contributed by atoms with Crippen LogP contribution in [0, 0.1) is 13.0 Å². The fourth-order valence-corrected chi connectivity index (χ4v) is 1.40. The van der Waals surface area contributed by atoms with Crippen LogP contribution < -0.4 is 4.74 Å². The molecule has 0 heterocycles. The van der Waals surface area contributed by atoms with Crippen LogP contribution in [0.2, 0.25) is 0 Å². The second-order valence-corrected chi connectivity index (χ2v) is 3.44.